The standard InChI is InChI=1S/C12H20ClNOS/c1-9(2)5-12(7-14,8-15)6-10-3-4-11(13)16-10/h3-4,9,15H,5-8,14H2,1-2H3. The van der Waals surface area contributed by atoms with Crippen molar-refractivity contribution in [3.8, 4) is 0 Å². The average Bonchev–Trinajstić information content (AvgIpc) is 2.62. The molecule has 2 nitrogen and oxygen atoms in total. The summed E-state index contributed by atoms with van der Waals surface area (Å²) in [5.74, 6) is 0.533. The Morgan fingerprint density at radius 1 is 1.50 bits per heavy atom. The van der Waals surface area contributed by atoms with Crippen molar-refractivity contribution in [3.63, 3.8) is 0 Å². The second kappa shape index (κ2) is 6.01. The van der Waals surface area contributed by atoms with E-state index in [1.54, 1.807) is 11.3 Å². The van der Waals surface area contributed by atoms with Crippen LogP contribution in [0.3, 0.4) is 0 Å². The fourth-order valence-corrected chi connectivity index (χ4v) is 3.36. The first-order chi connectivity index (χ1) is 7.51. The summed E-state index contributed by atoms with van der Waals surface area (Å²) in [6.45, 7) is 4.96. The molecule has 1 rings (SSSR count). The molecule has 3 N–H and O–H groups in total. The summed E-state index contributed by atoms with van der Waals surface area (Å²) in [4.78, 5) is 1.20. The Morgan fingerprint density at radius 3 is 2.56 bits per heavy atom. The zero-order valence-electron chi connectivity index (χ0n) is 9.87. The van der Waals surface area contributed by atoms with Crippen LogP contribution in [0.25, 0.3) is 0 Å². The number of aliphatic hydroxyl groups excluding tert-OH is 1. The highest BCUT2D eigenvalue weighted by atomic mass is 35.5. The maximum absolute atomic E-state index is 9.59. The zero-order valence-corrected chi connectivity index (χ0v) is 11.4. The Hall–Kier alpha value is -0.0900. The number of hydrogen-bond acceptors (Lipinski definition) is 3. The minimum Gasteiger partial charge on any atom is -0.396 e. The molecule has 0 aliphatic heterocycles. The van der Waals surface area contributed by atoms with E-state index in [-0.39, 0.29) is 12.0 Å². The van der Waals surface area contributed by atoms with Crippen LogP contribution in [0.15, 0.2) is 12.1 Å². The second-order valence-electron chi connectivity index (χ2n) is 4.84. The molecule has 0 aliphatic carbocycles. The van der Waals surface area contributed by atoms with E-state index in [4.69, 9.17) is 17.3 Å². The quantitative estimate of drug-likeness (QED) is 0.827. The molecular weight excluding hydrogens is 242 g/mol. The van der Waals surface area contributed by atoms with Crippen molar-refractivity contribution in [1.82, 2.24) is 0 Å². The fraction of sp³-hybridized carbons (Fsp3) is 0.667. The van der Waals surface area contributed by atoms with Gasteiger partial charge in [-0.05, 0) is 30.9 Å². The second-order valence-corrected chi connectivity index (χ2v) is 6.64. The summed E-state index contributed by atoms with van der Waals surface area (Å²) >= 11 is 7.48. The number of thiophene rings is 1. The molecule has 0 spiro atoms. The Balaban J connectivity index is 2.77. The lowest BCUT2D eigenvalue weighted by Crippen LogP contribution is -2.37. The number of halogens is 1. The van der Waals surface area contributed by atoms with Crippen LogP contribution in [0.1, 0.15) is 25.1 Å². The molecule has 1 aromatic heterocycles. The summed E-state index contributed by atoms with van der Waals surface area (Å²) in [5.41, 5.74) is 5.64. The lowest BCUT2D eigenvalue weighted by atomic mass is 9.77. The molecule has 0 saturated carbocycles. The molecular formula is C12H20ClNOS. The summed E-state index contributed by atoms with van der Waals surface area (Å²) < 4.78 is 0.795. The number of aliphatic hydroxyl groups is 1. The van der Waals surface area contributed by atoms with Gasteiger partial charge in [-0.15, -0.1) is 11.3 Å². The van der Waals surface area contributed by atoms with Gasteiger partial charge in [0.15, 0.2) is 0 Å². The molecule has 4 heteroatoms. The van der Waals surface area contributed by atoms with E-state index >= 15 is 0 Å². The van der Waals surface area contributed by atoms with Crippen LogP contribution in [0.5, 0.6) is 0 Å². The van der Waals surface area contributed by atoms with Gasteiger partial charge in [0.25, 0.3) is 0 Å². The Morgan fingerprint density at radius 2 is 2.19 bits per heavy atom. The molecule has 0 amide bonds. The van der Waals surface area contributed by atoms with E-state index in [1.807, 2.05) is 12.1 Å². The van der Waals surface area contributed by atoms with Crippen molar-refractivity contribution < 1.29 is 5.11 Å². The van der Waals surface area contributed by atoms with Crippen molar-refractivity contribution in [2.45, 2.75) is 26.7 Å². The Kier molecular flexibility index (Phi) is 5.25. The van der Waals surface area contributed by atoms with E-state index in [0.29, 0.717) is 12.5 Å². The van der Waals surface area contributed by atoms with Gasteiger partial charge in [-0.2, -0.15) is 0 Å². The Bertz CT molecular complexity index is 321. The summed E-state index contributed by atoms with van der Waals surface area (Å²) in [6, 6.07) is 3.92. The molecule has 0 aliphatic rings. The number of hydrogen-bond donors (Lipinski definition) is 2. The average molecular weight is 262 g/mol. The smallest absolute Gasteiger partial charge is 0.0931 e. The lowest BCUT2D eigenvalue weighted by Gasteiger charge is -2.31. The topological polar surface area (TPSA) is 46.2 Å². The zero-order chi connectivity index (χ0) is 12.2. The van der Waals surface area contributed by atoms with E-state index in [2.05, 4.69) is 13.8 Å². The minimum atomic E-state index is -0.192. The largest absolute Gasteiger partial charge is 0.396 e. The third kappa shape index (κ3) is 3.74. The highest BCUT2D eigenvalue weighted by Gasteiger charge is 2.29. The van der Waals surface area contributed by atoms with Gasteiger partial charge in [0, 0.05) is 16.8 Å². The van der Waals surface area contributed by atoms with Crippen LogP contribution in [-0.4, -0.2) is 18.3 Å². The molecule has 0 saturated heterocycles. The van der Waals surface area contributed by atoms with Crippen LogP contribution < -0.4 is 5.73 Å². The number of rotatable bonds is 6. The van der Waals surface area contributed by atoms with Gasteiger partial charge >= 0.3 is 0 Å². The van der Waals surface area contributed by atoms with Gasteiger partial charge < -0.3 is 10.8 Å². The molecule has 0 radical (unpaired) electrons. The molecule has 1 aromatic rings. The molecule has 1 atom stereocenters. The fourth-order valence-electron chi connectivity index (χ4n) is 2.10. The van der Waals surface area contributed by atoms with Gasteiger partial charge in [0.2, 0.25) is 0 Å². The van der Waals surface area contributed by atoms with Crippen molar-refractivity contribution in [3.05, 3.63) is 21.3 Å². The van der Waals surface area contributed by atoms with E-state index < -0.39 is 0 Å². The third-order valence-electron chi connectivity index (χ3n) is 2.79. The molecule has 1 unspecified atom stereocenters. The van der Waals surface area contributed by atoms with Gasteiger partial charge in [-0.1, -0.05) is 25.4 Å². The highest BCUT2D eigenvalue weighted by Crippen LogP contribution is 2.33. The van der Waals surface area contributed by atoms with Gasteiger partial charge in [0.1, 0.15) is 0 Å². The van der Waals surface area contributed by atoms with Gasteiger partial charge in [-0.25, -0.2) is 0 Å². The van der Waals surface area contributed by atoms with Crippen LogP contribution in [-0.2, 0) is 6.42 Å². The normalized spacial score (nSPS) is 15.4. The molecule has 92 valence electrons. The maximum atomic E-state index is 9.59. The monoisotopic (exact) mass is 261 g/mol. The third-order valence-corrected chi connectivity index (χ3v) is 4.02. The summed E-state index contributed by atoms with van der Waals surface area (Å²) in [6.07, 6.45) is 1.76. The SMILES string of the molecule is CC(C)CC(CN)(CO)Cc1ccc(Cl)s1. The predicted octanol–water partition coefficient (Wildman–Crippen LogP) is 2.93. The van der Waals surface area contributed by atoms with Crippen molar-refractivity contribution in [1.29, 1.82) is 0 Å². The van der Waals surface area contributed by atoms with E-state index in [9.17, 15) is 5.11 Å². The Labute approximate surface area is 106 Å². The minimum absolute atomic E-state index is 0.136. The maximum Gasteiger partial charge on any atom is 0.0931 e. The van der Waals surface area contributed by atoms with Gasteiger partial charge in [0.05, 0.1) is 10.9 Å². The van der Waals surface area contributed by atoms with Crippen molar-refractivity contribution in [2.75, 3.05) is 13.2 Å². The van der Waals surface area contributed by atoms with Crippen molar-refractivity contribution in [2.24, 2.45) is 17.1 Å². The van der Waals surface area contributed by atoms with Crippen LogP contribution in [0.2, 0.25) is 4.34 Å². The van der Waals surface area contributed by atoms with Crippen LogP contribution in [0.4, 0.5) is 0 Å². The van der Waals surface area contributed by atoms with E-state index in [0.717, 1.165) is 17.2 Å². The van der Waals surface area contributed by atoms with Crippen LogP contribution >= 0.6 is 22.9 Å². The number of nitrogens with two attached hydrogens (primary N) is 1. The first-order valence-electron chi connectivity index (χ1n) is 5.56. The highest BCUT2D eigenvalue weighted by molar-refractivity contribution is 7.16. The summed E-state index contributed by atoms with van der Waals surface area (Å²) in [7, 11) is 0. The van der Waals surface area contributed by atoms with E-state index in [1.165, 1.54) is 4.88 Å². The van der Waals surface area contributed by atoms with Crippen molar-refractivity contribution >= 4 is 22.9 Å². The first-order valence-corrected chi connectivity index (χ1v) is 6.76. The first kappa shape index (κ1) is 14.0. The molecule has 0 fully saturated rings. The predicted molar refractivity (Wildman–Crippen MR) is 71.1 cm³/mol. The molecule has 0 bridgehead atoms. The molecule has 1 heterocycles. The van der Waals surface area contributed by atoms with Crippen LogP contribution in [0, 0.1) is 11.3 Å². The molecule has 16 heavy (non-hydrogen) atoms. The molecule has 0 aromatic carbocycles. The van der Waals surface area contributed by atoms with Gasteiger partial charge in [-0.3, -0.25) is 0 Å². The summed E-state index contributed by atoms with van der Waals surface area (Å²) in [5, 5.41) is 9.59. The lowest BCUT2D eigenvalue weighted by molar-refractivity contribution is 0.109.